The molecule has 0 saturated carbocycles. The van der Waals surface area contributed by atoms with E-state index in [9.17, 15) is 9.59 Å². The molecule has 6 nitrogen and oxygen atoms in total. The van der Waals surface area contributed by atoms with Crippen molar-refractivity contribution in [3.05, 3.63) is 30.1 Å². The van der Waals surface area contributed by atoms with Gasteiger partial charge in [0.15, 0.2) is 0 Å². The molecule has 1 aromatic heterocycles. The predicted octanol–water partition coefficient (Wildman–Crippen LogP) is 1.42. The largest absolute Gasteiger partial charge is 0.342 e. The third-order valence-electron chi connectivity index (χ3n) is 4.46. The lowest BCUT2D eigenvalue weighted by molar-refractivity contribution is -0.202. The molecule has 1 aromatic rings. The van der Waals surface area contributed by atoms with Gasteiger partial charge in [-0.15, -0.1) is 0 Å². The van der Waals surface area contributed by atoms with Crippen molar-refractivity contribution in [2.75, 3.05) is 26.2 Å². The minimum absolute atomic E-state index is 0.0278. The summed E-state index contributed by atoms with van der Waals surface area (Å²) in [6, 6.07) is 5.78. The average Bonchev–Trinajstić information content (AvgIpc) is 2.62. The van der Waals surface area contributed by atoms with E-state index in [0.29, 0.717) is 45.5 Å². The normalized spacial score (nSPS) is 22.3. The number of pyridine rings is 1. The predicted molar refractivity (Wildman–Crippen MR) is 84.1 cm³/mol. The van der Waals surface area contributed by atoms with Crippen molar-refractivity contribution in [2.45, 2.75) is 32.1 Å². The molecule has 2 aliphatic rings. The van der Waals surface area contributed by atoms with E-state index in [1.54, 1.807) is 11.1 Å². The summed E-state index contributed by atoms with van der Waals surface area (Å²) in [7, 11) is 0. The summed E-state index contributed by atoms with van der Waals surface area (Å²) in [6.45, 7) is 2.38. The van der Waals surface area contributed by atoms with Crippen molar-refractivity contribution in [3.8, 4) is 0 Å². The number of hydrogen-bond acceptors (Lipinski definition) is 4. The minimum atomic E-state index is -0.144. The van der Waals surface area contributed by atoms with Gasteiger partial charge in [-0.25, -0.2) is 5.06 Å². The van der Waals surface area contributed by atoms with Crippen LogP contribution in [0.5, 0.6) is 0 Å². The molecule has 1 atom stereocenters. The first-order chi connectivity index (χ1) is 11.2. The fourth-order valence-corrected chi connectivity index (χ4v) is 3.10. The molecule has 0 N–H and O–H groups in total. The molecule has 2 saturated heterocycles. The van der Waals surface area contributed by atoms with Crippen molar-refractivity contribution < 1.29 is 14.4 Å². The highest BCUT2D eigenvalue weighted by Gasteiger charge is 2.33. The van der Waals surface area contributed by atoms with Crippen LogP contribution in [0.1, 0.15) is 31.4 Å². The Kier molecular flexibility index (Phi) is 5.23. The van der Waals surface area contributed by atoms with Crippen LogP contribution in [-0.4, -0.2) is 53.0 Å². The van der Waals surface area contributed by atoms with Gasteiger partial charge in [-0.2, -0.15) is 0 Å². The van der Waals surface area contributed by atoms with Crippen LogP contribution in [-0.2, 0) is 20.8 Å². The highest BCUT2D eigenvalue weighted by Crippen LogP contribution is 2.21. The van der Waals surface area contributed by atoms with E-state index < -0.39 is 0 Å². The lowest BCUT2D eigenvalue weighted by Gasteiger charge is -2.35. The number of likely N-dealkylation sites (tertiary alicyclic amines) is 1. The highest BCUT2D eigenvalue weighted by atomic mass is 16.7. The molecule has 2 fully saturated rings. The first-order valence-corrected chi connectivity index (χ1v) is 8.36. The summed E-state index contributed by atoms with van der Waals surface area (Å²) >= 11 is 0. The lowest BCUT2D eigenvalue weighted by atomic mass is 9.96. The molecule has 6 heteroatoms. The zero-order chi connectivity index (χ0) is 16.1. The maximum Gasteiger partial charge on any atom is 0.251 e. The lowest BCUT2D eigenvalue weighted by Crippen LogP contribution is -2.48. The Balaban J connectivity index is 1.55. The molecule has 0 aliphatic carbocycles. The molecule has 0 aromatic carbocycles. The molecule has 0 bridgehead atoms. The molecule has 3 rings (SSSR count). The van der Waals surface area contributed by atoms with E-state index >= 15 is 0 Å². The molecule has 124 valence electrons. The van der Waals surface area contributed by atoms with Gasteiger partial charge >= 0.3 is 0 Å². The zero-order valence-corrected chi connectivity index (χ0v) is 13.3. The average molecular weight is 317 g/mol. The fraction of sp³-hybridized carbons (Fsp3) is 0.588. The van der Waals surface area contributed by atoms with E-state index in [-0.39, 0.29) is 17.7 Å². The number of amides is 2. The number of hydroxylamine groups is 2. The molecule has 3 heterocycles. The fourth-order valence-electron chi connectivity index (χ4n) is 3.10. The smallest absolute Gasteiger partial charge is 0.251 e. The standard InChI is InChI=1S/C17H23N3O3/c21-16-7-6-14(17(22)20-10-3-4-12-23-20)13-19(16)11-8-15-5-1-2-9-18-15/h1-2,5,9,14H,3-4,6-8,10-13H2/t14-/m1/s1. The molecule has 0 unspecified atom stereocenters. The Bertz CT molecular complexity index is 543. The number of carbonyl (C=O) groups excluding carboxylic acids is 2. The Morgan fingerprint density at radius 3 is 3.00 bits per heavy atom. The number of piperidine rings is 1. The Morgan fingerprint density at radius 1 is 1.35 bits per heavy atom. The summed E-state index contributed by atoms with van der Waals surface area (Å²) < 4.78 is 0. The van der Waals surface area contributed by atoms with E-state index in [2.05, 4.69) is 4.98 Å². The minimum Gasteiger partial charge on any atom is -0.342 e. The first kappa shape index (κ1) is 15.9. The maximum absolute atomic E-state index is 12.5. The van der Waals surface area contributed by atoms with Gasteiger partial charge in [0.1, 0.15) is 0 Å². The summed E-state index contributed by atoms with van der Waals surface area (Å²) in [5.41, 5.74) is 0.966. The van der Waals surface area contributed by atoms with Crippen LogP contribution in [0.15, 0.2) is 24.4 Å². The molecule has 2 amide bonds. The van der Waals surface area contributed by atoms with Crippen LogP contribution in [0.25, 0.3) is 0 Å². The second kappa shape index (κ2) is 7.55. The van der Waals surface area contributed by atoms with Gasteiger partial charge in [0, 0.05) is 44.4 Å². The summed E-state index contributed by atoms with van der Waals surface area (Å²) in [6.07, 6.45) is 5.52. The van der Waals surface area contributed by atoms with Crippen LogP contribution in [0, 0.1) is 5.92 Å². The zero-order valence-electron chi connectivity index (χ0n) is 13.3. The summed E-state index contributed by atoms with van der Waals surface area (Å²) in [5.74, 6) is 0.0131. The van der Waals surface area contributed by atoms with Gasteiger partial charge in [0.25, 0.3) is 5.91 Å². The van der Waals surface area contributed by atoms with Crippen molar-refractivity contribution in [2.24, 2.45) is 5.92 Å². The van der Waals surface area contributed by atoms with Gasteiger partial charge in [0.05, 0.1) is 12.5 Å². The summed E-state index contributed by atoms with van der Waals surface area (Å²) in [4.78, 5) is 36.2. The van der Waals surface area contributed by atoms with E-state index in [0.717, 1.165) is 18.5 Å². The molecule has 0 spiro atoms. The second-order valence-electron chi connectivity index (χ2n) is 6.13. The van der Waals surface area contributed by atoms with Gasteiger partial charge < -0.3 is 4.90 Å². The SMILES string of the molecule is O=C1CC[C@@H](C(=O)N2CCCCO2)CN1CCc1ccccn1. The number of carbonyl (C=O) groups is 2. The van der Waals surface area contributed by atoms with Gasteiger partial charge in [-0.05, 0) is 31.4 Å². The number of hydrogen-bond donors (Lipinski definition) is 0. The molecule has 0 radical (unpaired) electrons. The number of aromatic nitrogens is 1. The molecule has 23 heavy (non-hydrogen) atoms. The van der Waals surface area contributed by atoms with Gasteiger partial charge in [0.2, 0.25) is 5.91 Å². The Morgan fingerprint density at radius 2 is 2.26 bits per heavy atom. The van der Waals surface area contributed by atoms with Gasteiger partial charge in [-0.1, -0.05) is 6.07 Å². The first-order valence-electron chi connectivity index (χ1n) is 8.36. The quantitative estimate of drug-likeness (QED) is 0.842. The highest BCUT2D eigenvalue weighted by molar-refractivity contribution is 5.83. The molecular weight excluding hydrogens is 294 g/mol. The van der Waals surface area contributed by atoms with Crippen molar-refractivity contribution >= 4 is 11.8 Å². The third kappa shape index (κ3) is 4.07. The van der Waals surface area contributed by atoms with Crippen molar-refractivity contribution in [1.29, 1.82) is 0 Å². The van der Waals surface area contributed by atoms with E-state index in [1.165, 1.54) is 5.06 Å². The molecular formula is C17H23N3O3. The monoisotopic (exact) mass is 317 g/mol. The summed E-state index contributed by atoms with van der Waals surface area (Å²) in [5, 5.41) is 1.50. The van der Waals surface area contributed by atoms with Crippen molar-refractivity contribution in [3.63, 3.8) is 0 Å². The van der Waals surface area contributed by atoms with E-state index in [4.69, 9.17) is 4.84 Å². The number of nitrogens with zero attached hydrogens (tertiary/aromatic N) is 3. The Labute approximate surface area is 136 Å². The second-order valence-corrected chi connectivity index (χ2v) is 6.13. The van der Waals surface area contributed by atoms with Crippen LogP contribution < -0.4 is 0 Å². The topological polar surface area (TPSA) is 62.7 Å². The van der Waals surface area contributed by atoms with E-state index in [1.807, 2.05) is 18.2 Å². The van der Waals surface area contributed by atoms with Crippen LogP contribution >= 0.6 is 0 Å². The maximum atomic E-state index is 12.5. The van der Waals surface area contributed by atoms with Crippen LogP contribution in [0.3, 0.4) is 0 Å². The van der Waals surface area contributed by atoms with Crippen LogP contribution in [0.2, 0.25) is 0 Å². The van der Waals surface area contributed by atoms with Crippen LogP contribution in [0.4, 0.5) is 0 Å². The Hall–Kier alpha value is -1.95. The third-order valence-corrected chi connectivity index (χ3v) is 4.46. The van der Waals surface area contributed by atoms with Crippen molar-refractivity contribution in [1.82, 2.24) is 14.9 Å². The van der Waals surface area contributed by atoms with Gasteiger partial charge in [-0.3, -0.25) is 19.4 Å². The number of rotatable bonds is 4. The molecule has 2 aliphatic heterocycles.